The van der Waals surface area contributed by atoms with Crippen LogP contribution in [0.2, 0.25) is 0 Å². The molecule has 2 N–H and O–H groups in total. The Bertz CT molecular complexity index is 1330. The molecule has 6 heteroatoms. The number of carbonyl (C=O) groups is 4. The molecule has 0 fully saturated rings. The maximum Gasteiger partial charge on any atom is 0.253 e. The fourth-order valence-electron chi connectivity index (χ4n) is 4.40. The molecule has 0 atom stereocenters. The Morgan fingerprint density at radius 3 is 1.65 bits per heavy atom. The molecule has 0 spiro atoms. The summed E-state index contributed by atoms with van der Waals surface area (Å²) in [6.45, 7) is 0. The summed E-state index contributed by atoms with van der Waals surface area (Å²) in [5.41, 5.74) is -0.109. The first-order valence-electron chi connectivity index (χ1n) is 10.8. The van der Waals surface area contributed by atoms with Crippen LogP contribution in [0.1, 0.15) is 47.9 Å². The molecule has 0 saturated heterocycles. The zero-order valence-electron chi connectivity index (χ0n) is 18.1. The molecule has 0 saturated carbocycles. The van der Waals surface area contributed by atoms with Gasteiger partial charge in [0.15, 0.2) is 11.6 Å². The number of benzene rings is 3. The summed E-state index contributed by atoms with van der Waals surface area (Å²) in [5, 5.41) is 5.75. The molecule has 5 rings (SSSR count). The van der Waals surface area contributed by atoms with Crippen LogP contribution < -0.4 is 10.6 Å². The van der Waals surface area contributed by atoms with Crippen LogP contribution in [0.4, 0.5) is 0 Å². The number of allylic oxidation sites excluding steroid dienone is 2. The lowest BCUT2D eigenvalue weighted by molar-refractivity contribution is 0.0808. The molecule has 34 heavy (non-hydrogen) atoms. The normalized spacial score (nSPS) is 15.9. The van der Waals surface area contributed by atoms with Gasteiger partial charge in [-0.05, 0) is 24.3 Å². The van der Waals surface area contributed by atoms with E-state index in [2.05, 4.69) is 10.6 Å². The van der Waals surface area contributed by atoms with E-state index < -0.39 is 23.3 Å². The van der Waals surface area contributed by atoms with E-state index in [1.165, 1.54) is 0 Å². The van der Waals surface area contributed by atoms with E-state index in [0.29, 0.717) is 16.7 Å². The van der Waals surface area contributed by atoms with Crippen molar-refractivity contribution >= 4 is 23.4 Å². The Kier molecular flexibility index (Phi) is 5.26. The molecule has 2 aliphatic rings. The lowest BCUT2D eigenvalue weighted by Crippen LogP contribution is -2.64. The van der Waals surface area contributed by atoms with E-state index in [9.17, 15) is 19.2 Å². The SMILES string of the molecule is O=C(NC1(NC(=O)c2ccccc2)CC=CC2=C1C(=O)c1ccccc1C2=O)c1ccccc1. The number of ketones is 2. The van der Waals surface area contributed by atoms with Crippen LogP contribution in [-0.2, 0) is 0 Å². The van der Waals surface area contributed by atoms with Crippen LogP contribution in [0.15, 0.2) is 108 Å². The highest BCUT2D eigenvalue weighted by atomic mass is 16.2. The highest BCUT2D eigenvalue weighted by Gasteiger charge is 2.47. The van der Waals surface area contributed by atoms with Gasteiger partial charge >= 0.3 is 0 Å². The van der Waals surface area contributed by atoms with E-state index in [-0.39, 0.29) is 28.9 Å². The van der Waals surface area contributed by atoms with Gasteiger partial charge in [0.2, 0.25) is 0 Å². The van der Waals surface area contributed by atoms with Gasteiger partial charge in [-0.25, -0.2) is 0 Å². The molecule has 3 aromatic carbocycles. The molecule has 2 aliphatic carbocycles. The maximum atomic E-state index is 13.7. The standard InChI is InChI=1S/C28H20N2O4/c31-24-20-14-7-8-15-21(20)25(32)23-22(24)16-9-17-28(23,29-26(33)18-10-3-1-4-11-18)30-27(34)19-12-5-2-6-13-19/h1-16H,17H2,(H,29,33)(H,30,34). The topological polar surface area (TPSA) is 92.3 Å². The second-order valence-corrected chi connectivity index (χ2v) is 8.14. The van der Waals surface area contributed by atoms with Crippen molar-refractivity contribution in [1.29, 1.82) is 0 Å². The fourth-order valence-corrected chi connectivity index (χ4v) is 4.40. The molecular formula is C28H20N2O4. The second kappa shape index (κ2) is 8.41. The van der Waals surface area contributed by atoms with Gasteiger partial charge in [0.05, 0.1) is 5.57 Å². The zero-order chi connectivity index (χ0) is 23.7. The number of carbonyl (C=O) groups excluding carboxylic acids is 4. The number of rotatable bonds is 4. The van der Waals surface area contributed by atoms with Gasteiger partial charge in [0.25, 0.3) is 11.8 Å². The maximum absolute atomic E-state index is 13.7. The van der Waals surface area contributed by atoms with Crippen molar-refractivity contribution in [3.63, 3.8) is 0 Å². The van der Waals surface area contributed by atoms with Gasteiger partial charge < -0.3 is 10.6 Å². The van der Waals surface area contributed by atoms with Crippen molar-refractivity contribution in [3.05, 3.63) is 130 Å². The number of hydrogen-bond acceptors (Lipinski definition) is 4. The largest absolute Gasteiger partial charge is 0.325 e. The van der Waals surface area contributed by atoms with Crippen molar-refractivity contribution in [1.82, 2.24) is 10.6 Å². The summed E-state index contributed by atoms with van der Waals surface area (Å²) in [7, 11) is 0. The molecule has 0 aliphatic heterocycles. The predicted molar refractivity (Wildman–Crippen MR) is 126 cm³/mol. The molecule has 0 bridgehead atoms. The van der Waals surface area contributed by atoms with Crippen LogP contribution in [0.3, 0.4) is 0 Å². The van der Waals surface area contributed by atoms with Crippen molar-refractivity contribution < 1.29 is 19.2 Å². The minimum Gasteiger partial charge on any atom is -0.325 e. The van der Waals surface area contributed by atoms with E-state index in [1.54, 1.807) is 97.1 Å². The fraction of sp³-hybridized carbons (Fsp3) is 0.0714. The smallest absolute Gasteiger partial charge is 0.253 e. The van der Waals surface area contributed by atoms with Crippen LogP contribution in [-0.4, -0.2) is 29.0 Å². The average Bonchev–Trinajstić information content (AvgIpc) is 2.88. The van der Waals surface area contributed by atoms with Crippen LogP contribution in [0, 0.1) is 0 Å². The summed E-state index contributed by atoms with van der Waals surface area (Å²) in [6, 6.07) is 23.6. The lowest BCUT2D eigenvalue weighted by Gasteiger charge is -2.40. The molecule has 2 amide bonds. The van der Waals surface area contributed by atoms with Gasteiger partial charge in [-0.2, -0.15) is 0 Å². The third-order valence-corrected chi connectivity index (χ3v) is 6.02. The van der Waals surface area contributed by atoms with Crippen LogP contribution >= 0.6 is 0 Å². The minimum atomic E-state index is -1.61. The Balaban J connectivity index is 1.64. The Morgan fingerprint density at radius 1 is 0.647 bits per heavy atom. The van der Waals surface area contributed by atoms with E-state index >= 15 is 0 Å². The Hall–Kier alpha value is -4.58. The van der Waals surface area contributed by atoms with E-state index in [0.717, 1.165) is 0 Å². The number of hydrogen-bond donors (Lipinski definition) is 2. The number of nitrogens with one attached hydrogen (secondary N) is 2. The highest BCUT2D eigenvalue weighted by molar-refractivity contribution is 6.29. The van der Waals surface area contributed by atoms with Gasteiger partial charge in [0.1, 0.15) is 5.66 Å². The van der Waals surface area contributed by atoms with Crippen molar-refractivity contribution in [2.75, 3.05) is 0 Å². The molecule has 0 radical (unpaired) electrons. The summed E-state index contributed by atoms with van der Waals surface area (Å²) in [5.74, 6) is -1.69. The number of fused-ring (bicyclic) bond motifs is 1. The first-order chi connectivity index (χ1) is 16.5. The van der Waals surface area contributed by atoms with Crippen LogP contribution in [0.5, 0.6) is 0 Å². The predicted octanol–water partition coefficient (Wildman–Crippen LogP) is 3.88. The summed E-state index contributed by atoms with van der Waals surface area (Å²) in [4.78, 5) is 53.5. The summed E-state index contributed by atoms with van der Waals surface area (Å²) < 4.78 is 0. The third-order valence-electron chi connectivity index (χ3n) is 6.02. The van der Waals surface area contributed by atoms with E-state index in [4.69, 9.17) is 0 Å². The number of amides is 2. The van der Waals surface area contributed by atoms with Crippen molar-refractivity contribution in [2.24, 2.45) is 0 Å². The first-order valence-corrected chi connectivity index (χ1v) is 10.8. The molecular weight excluding hydrogens is 428 g/mol. The molecule has 166 valence electrons. The third kappa shape index (κ3) is 3.55. The summed E-state index contributed by atoms with van der Waals surface area (Å²) >= 11 is 0. The molecule has 0 unspecified atom stereocenters. The Morgan fingerprint density at radius 2 is 1.12 bits per heavy atom. The van der Waals surface area contributed by atoms with Gasteiger partial charge in [-0.15, -0.1) is 0 Å². The van der Waals surface area contributed by atoms with Gasteiger partial charge in [-0.1, -0.05) is 72.8 Å². The van der Waals surface area contributed by atoms with Crippen LogP contribution in [0.25, 0.3) is 0 Å². The number of Topliss-reactive ketones (excluding diaryl/α,β-unsaturated/α-hetero) is 2. The van der Waals surface area contributed by atoms with Gasteiger partial charge in [-0.3, -0.25) is 19.2 Å². The van der Waals surface area contributed by atoms with E-state index in [1.807, 2.05) is 0 Å². The summed E-state index contributed by atoms with van der Waals surface area (Å²) in [6.07, 6.45) is 3.38. The average molecular weight is 448 g/mol. The first kappa shape index (κ1) is 21.3. The monoisotopic (exact) mass is 448 g/mol. The van der Waals surface area contributed by atoms with Gasteiger partial charge in [0, 0.05) is 34.2 Å². The zero-order valence-corrected chi connectivity index (χ0v) is 18.1. The van der Waals surface area contributed by atoms with Crippen molar-refractivity contribution in [2.45, 2.75) is 12.1 Å². The second-order valence-electron chi connectivity index (χ2n) is 8.14. The Labute approximate surface area is 196 Å². The van der Waals surface area contributed by atoms with Crippen molar-refractivity contribution in [3.8, 4) is 0 Å². The highest BCUT2D eigenvalue weighted by Crippen LogP contribution is 2.37. The molecule has 0 heterocycles. The minimum absolute atomic E-state index is 0.0623. The lowest BCUT2D eigenvalue weighted by atomic mass is 9.74. The molecule has 0 aromatic heterocycles. The molecule has 3 aromatic rings. The molecule has 6 nitrogen and oxygen atoms in total. The quantitative estimate of drug-likeness (QED) is 0.593.